The molecule has 0 aromatic rings. The Morgan fingerprint density at radius 3 is 2.37 bits per heavy atom. The molecule has 1 aliphatic heterocycles. The zero-order chi connectivity index (χ0) is 19.1. The smallest absolute Gasteiger partial charge is 0.333 e. The number of esters is 1. The number of unbranched alkanes of at least 4 members (excludes halogenated alkanes) is 1. The summed E-state index contributed by atoms with van der Waals surface area (Å²) in [5.74, 6) is 1.05. The molecular formula is C23H36O4. The molecule has 3 unspecified atom stereocenters. The number of rotatable bonds is 9. The van der Waals surface area contributed by atoms with Crippen molar-refractivity contribution in [2.75, 3.05) is 13.2 Å². The molecule has 4 saturated carbocycles. The lowest BCUT2D eigenvalue weighted by Gasteiger charge is -2.60. The molecule has 5 fully saturated rings. The SMILES string of the molecule is C=C(C)C(=O)OC12CC3CC(CC(OCCC4(CCCC)CCO4)(C3)C1)C2. The first-order valence-corrected chi connectivity index (χ1v) is 11.0. The largest absolute Gasteiger partial charge is 0.456 e. The fraction of sp³-hybridized carbons (Fsp3) is 0.870. The van der Waals surface area contributed by atoms with E-state index >= 15 is 0 Å². The second-order valence-corrected chi connectivity index (χ2v) is 9.98. The Balaban J connectivity index is 1.39. The highest BCUT2D eigenvalue weighted by Gasteiger charge is 2.60. The summed E-state index contributed by atoms with van der Waals surface area (Å²) in [5, 5.41) is 0. The van der Waals surface area contributed by atoms with Crippen molar-refractivity contribution in [2.45, 2.75) is 101 Å². The van der Waals surface area contributed by atoms with Crippen molar-refractivity contribution in [3.8, 4) is 0 Å². The van der Waals surface area contributed by atoms with Gasteiger partial charge in [0.1, 0.15) is 5.60 Å². The zero-order valence-electron chi connectivity index (χ0n) is 17.2. The van der Waals surface area contributed by atoms with E-state index in [1.54, 1.807) is 6.92 Å². The Morgan fingerprint density at radius 2 is 1.81 bits per heavy atom. The topological polar surface area (TPSA) is 44.8 Å². The maximum absolute atomic E-state index is 12.2. The first-order chi connectivity index (χ1) is 12.9. The van der Waals surface area contributed by atoms with Crippen molar-refractivity contribution in [2.24, 2.45) is 11.8 Å². The van der Waals surface area contributed by atoms with E-state index in [0.717, 1.165) is 58.2 Å². The minimum Gasteiger partial charge on any atom is -0.456 e. The quantitative estimate of drug-likeness (QED) is 0.422. The number of ether oxygens (including phenoxy) is 3. The summed E-state index contributed by atoms with van der Waals surface area (Å²) in [7, 11) is 0. The van der Waals surface area contributed by atoms with Crippen LogP contribution in [0.3, 0.4) is 0 Å². The highest BCUT2D eigenvalue weighted by Crippen LogP contribution is 2.60. The third-order valence-corrected chi connectivity index (χ3v) is 7.53. The van der Waals surface area contributed by atoms with Gasteiger partial charge in [-0.05, 0) is 70.1 Å². The number of hydrogen-bond donors (Lipinski definition) is 0. The highest BCUT2D eigenvalue weighted by atomic mass is 16.6. The van der Waals surface area contributed by atoms with Crippen molar-refractivity contribution in [3.63, 3.8) is 0 Å². The molecular weight excluding hydrogens is 340 g/mol. The Kier molecular flexibility index (Phi) is 5.17. The second kappa shape index (κ2) is 7.18. The summed E-state index contributed by atoms with van der Waals surface area (Å²) in [6.45, 7) is 9.42. The molecule has 0 amide bonds. The lowest BCUT2D eigenvalue weighted by molar-refractivity contribution is -0.238. The van der Waals surface area contributed by atoms with Gasteiger partial charge < -0.3 is 14.2 Å². The van der Waals surface area contributed by atoms with Crippen LogP contribution in [0.25, 0.3) is 0 Å². The molecule has 1 heterocycles. The maximum atomic E-state index is 12.2. The molecule has 1 saturated heterocycles. The molecule has 0 spiro atoms. The normalized spacial score (nSPS) is 42.0. The highest BCUT2D eigenvalue weighted by molar-refractivity contribution is 5.87. The van der Waals surface area contributed by atoms with E-state index in [9.17, 15) is 4.79 Å². The molecule has 0 N–H and O–H groups in total. The monoisotopic (exact) mass is 376 g/mol. The second-order valence-electron chi connectivity index (χ2n) is 9.98. The van der Waals surface area contributed by atoms with Gasteiger partial charge in [0.15, 0.2) is 0 Å². The van der Waals surface area contributed by atoms with Crippen LogP contribution in [0.15, 0.2) is 12.2 Å². The van der Waals surface area contributed by atoms with Crippen LogP contribution < -0.4 is 0 Å². The minimum absolute atomic E-state index is 0.0718. The van der Waals surface area contributed by atoms with Gasteiger partial charge in [-0.15, -0.1) is 0 Å². The van der Waals surface area contributed by atoms with E-state index in [4.69, 9.17) is 14.2 Å². The van der Waals surface area contributed by atoms with Crippen LogP contribution in [-0.4, -0.2) is 36.0 Å². The van der Waals surface area contributed by atoms with Gasteiger partial charge in [0.05, 0.1) is 24.4 Å². The summed E-state index contributed by atoms with van der Waals surface area (Å²) in [5.41, 5.74) is 0.172. The predicted molar refractivity (Wildman–Crippen MR) is 104 cm³/mol. The van der Waals surface area contributed by atoms with E-state index < -0.39 is 0 Å². The van der Waals surface area contributed by atoms with Crippen molar-refractivity contribution in [3.05, 3.63) is 12.2 Å². The molecule has 4 bridgehead atoms. The van der Waals surface area contributed by atoms with Crippen LogP contribution in [0, 0.1) is 11.8 Å². The summed E-state index contributed by atoms with van der Waals surface area (Å²) in [4.78, 5) is 12.2. The Morgan fingerprint density at radius 1 is 1.15 bits per heavy atom. The van der Waals surface area contributed by atoms with E-state index in [2.05, 4.69) is 13.5 Å². The first-order valence-electron chi connectivity index (χ1n) is 11.0. The molecule has 0 aromatic heterocycles. The maximum Gasteiger partial charge on any atom is 0.333 e. The zero-order valence-corrected chi connectivity index (χ0v) is 17.2. The van der Waals surface area contributed by atoms with Crippen LogP contribution in [0.2, 0.25) is 0 Å². The average Bonchev–Trinajstić information content (AvgIpc) is 2.54. The fourth-order valence-electron chi connectivity index (χ4n) is 6.53. The Labute approximate surface area is 164 Å². The van der Waals surface area contributed by atoms with E-state index in [1.165, 1.54) is 25.7 Å². The van der Waals surface area contributed by atoms with Gasteiger partial charge in [-0.25, -0.2) is 4.79 Å². The fourth-order valence-corrected chi connectivity index (χ4v) is 6.53. The van der Waals surface area contributed by atoms with Crippen molar-refractivity contribution < 1.29 is 19.0 Å². The molecule has 4 heteroatoms. The van der Waals surface area contributed by atoms with Crippen LogP contribution in [0.4, 0.5) is 0 Å². The van der Waals surface area contributed by atoms with Crippen molar-refractivity contribution in [1.29, 1.82) is 0 Å². The molecule has 4 aliphatic carbocycles. The lowest BCUT2D eigenvalue weighted by atomic mass is 9.52. The van der Waals surface area contributed by atoms with Crippen molar-refractivity contribution in [1.82, 2.24) is 0 Å². The van der Waals surface area contributed by atoms with Crippen LogP contribution in [0.1, 0.15) is 84.5 Å². The Bertz CT molecular complexity index is 577. The van der Waals surface area contributed by atoms with Crippen LogP contribution in [-0.2, 0) is 19.0 Å². The molecule has 4 nitrogen and oxygen atoms in total. The Hall–Kier alpha value is -0.870. The van der Waals surface area contributed by atoms with Gasteiger partial charge in [-0.3, -0.25) is 0 Å². The van der Waals surface area contributed by atoms with Gasteiger partial charge in [-0.2, -0.15) is 0 Å². The standard InChI is InChI=1S/C23H36O4/c1-4-5-6-21(7-9-25-21)8-10-26-22-12-18-11-19(13-22)15-23(14-18,16-22)27-20(24)17(2)3/h18-19H,2,4-16H2,1,3H3. The summed E-state index contributed by atoms with van der Waals surface area (Å²) in [6, 6.07) is 0. The molecule has 5 rings (SSSR count). The average molecular weight is 377 g/mol. The predicted octanol–water partition coefficient (Wildman–Crippen LogP) is 4.95. The molecule has 152 valence electrons. The van der Waals surface area contributed by atoms with Gasteiger partial charge in [-0.1, -0.05) is 26.3 Å². The third-order valence-electron chi connectivity index (χ3n) is 7.53. The van der Waals surface area contributed by atoms with Crippen molar-refractivity contribution >= 4 is 5.97 Å². The lowest BCUT2D eigenvalue weighted by Crippen LogP contribution is -2.61. The number of carbonyl (C=O) groups excluding carboxylic acids is 1. The minimum atomic E-state index is -0.313. The van der Waals surface area contributed by atoms with Gasteiger partial charge in [0.25, 0.3) is 0 Å². The first kappa shape index (κ1) is 19.4. The molecule has 5 aliphatic rings. The van der Waals surface area contributed by atoms with Gasteiger partial charge in [0, 0.05) is 12.0 Å². The molecule has 27 heavy (non-hydrogen) atoms. The van der Waals surface area contributed by atoms with Crippen LogP contribution in [0.5, 0.6) is 0 Å². The van der Waals surface area contributed by atoms with Crippen LogP contribution >= 0.6 is 0 Å². The summed E-state index contributed by atoms with van der Waals surface area (Å²) >= 11 is 0. The van der Waals surface area contributed by atoms with Gasteiger partial charge >= 0.3 is 5.97 Å². The van der Waals surface area contributed by atoms with E-state index in [1.807, 2.05) is 0 Å². The number of hydrogen-bond acceptors (Lipinski definition) is 4. The molecule has 3 atom stereocenters. The summed E-state index contributed by atoms with van der Waals surface area (Å²) < 4.78 is 18.6. The molecule has 0 radical (unpaired) electrons. The third kappa shape index (κ3) is 3.85. The molecule has 0 aromatic carbocycles. The van der Waals surface area contributed by atoms with E-state index in [-0.39, 0.29) is 22.8 Å². The number of carbonyl (C=O) groups is 1. The summed E-state index contributed by atoms with van der Waals surface area (Å²) in [6.07, 6.45) is 12.2. The van der Waals surface area contributed by atoms with Gasteiger partial charge in [0.2, 0.25) is 0 Å². The van der Waals surface area contributed by atoms with E-state index in [0.29, 0.717) is 17.4 Å².